The Hall–Kier alpha value is -0.610. The van der Waals surface area contributed by atoms with Crippen LogP contribution in [0.15, 0.2) is 0 Å². The summed E-state index contributed by atoms with van der Waals surface area (Å²) >= 11 is 0. The Bertz CT molecular complexity index is 260. The van der Waals surface area contributed by atoms with Gasteiger partial charge < -0.3 is 9.47 Å². The van der Waals surface area contributed by atoms with Gasteiger partial charge in [-0.3, -0.25) is 9.69 Å². The zero-order valence-corrected chi connectivity index (χ0v) is 11.7. The third-order valence-electron chi connectivity index (χ3n) is 2.94. The normalized spacial score (nSPS) is 23.7. The predicted octanol–water partition coefficient (Wildman–Crippen LogP) is 1.83. The molecular weight excluding hydrogens is 218 g/mol. The van der Waals surface area contributed by atoms with Crippen LogP contribution in [-0.2, 0) is 14.3 Å². The first-order valence-corrected chi connectivity index (χ1v) is 6.33. The molecule has 1 fully saturated rings. The number of likely N-dealkylation sites (tertiary alicyclic amines) is 1. The molecule has 0 amide bonds. The van der Waals surface area contributed by atoms with Gasteiger partial charge in [0.05, 0.1) is 6.10 Å². The lowest BCUT2D eigenvalue weighted by molar-refractivity contribution is -0.160. The largest absolute Gasteiger partial charge is 0.459 e. The number of nitrogens with zero attached hydrogens (tertiary/aromatic N) is 1. The second-order valence-corrected chi connectivity index (χ2v) is 5.73. The van der Waals surface area contributed by atoms with Gasteiger partial charge in [-0.05, 0) is 47.1 Å². The summed E-state index contributed by atoms with van der Waals surface area (Å²) in [5.41, 5.74) is -0.405. The third-order valence-corrected chi connectivity index (χ3v) is 2.94. The van der Waals surface area contributed by atoms with E-state index in [2.05, 4.69) is 4.90 Å². The summed E-state index contributed by atoms with van der Waals surface area (Å²) < 4.78 is 10.7. The molecule has 0 aromatic carbocycles. The highest BCUT2D eigenvalue weighted by molar-refractivity contribution is 5.76. The van der Waals surface area contributed by atoms with Gasteiger partial charge in [0.2, 0.25) is 0 Å². The smallest absolute Gasteiger partial charge is 0.323 e. The number of carbonyl (C=O) groups excluding carboxylic acids is 1. The first-order chi connectivity index (χ1) is 7.83. The van der Waals surface area contributed by atoms with Gasteiger partial charge in [-0.15, -0.1) is 0 Å². The van der Waals surface area contributed by atoms with Crippen LogP contribution >= 0.6 is 0 Å². The summed E-state index contributed by atoms with van der Waals surface area (Å²) in [7, 11) is 1.70. The van der Waals surface area contributed by atoms with Crippen LogP contribution in [0.1, 0.15) is 40.5 Å². The van der Waals surface area contributed by atoms with Gasteiger partial charge in [-0.25, -0.2) is 0 Å². The van der Waals surface area contributed by atoms with Crippen molar-refractivity contribution in [1.29, 1.82) is 0 Å². The Balaban J connectivity index is 2.54. The molecule has 1 aliphatic rings. The lowest BCUT2D eigenvalue weighted by atomic mass is 10.1. The molecular formula is C13H25NO3. The molecule has 17 heavy (non-hydrogen) atoms. The molecule has 0 bridgehead atoms. The van der Waals surface area contributed by atoms with Crippen molar-refractivity contribution in [3.8, 4) is 0 Å². The number of rotatable bonds is 4. The highest BCUT2D eigenvalue weighted by Crippen LogP contribution is 2.21. The minimum atomic E-state index is -0.405. The SMILES string of the molecule is COC(C)CN1CCC[C@@H]1C(=O)OC(C)(C)C. The van der Waals surface area contributed by atoms with Crippen LogP contribution in [0.2, 0.25) is 0 Å². The van der Waals surface area contributed by atoms with Crippen molar-refractivity contribution < 1.29 is 14.3 Å². The fourth-order valence-corrected chi connectivity index (χ4v) is 2.09. The molecule has 1 aliphatic heterocycles. The van der Waals surface area contributed by atoms with Crippen LogP contribution in [-0.4, -0.2) is 48.8 Å². The van der Waals surface area contributed by atoms with Crippen molar-refractivity contribution in [2.75, 3.05) is 20.2 Å². The average Bonchev–Trinajstić information content (AvgIpc) is 2.63. The van der Waals surface area contributed by atoms with E-state index >= 15 is 0 Å². The lowest BCUT2D eigenvalue weighted by Gasteiger charge is -2.28. The summed E-state index contributed by atoms with van der Waals surface area (Å²) in [6, 6.07) is -0.0909. The average molecular weight is 243 g/mol. The number of esters is 1. The first kappa shape index (κ1) is 14.5. The standard InChI is InChI=1S/C13H25NO3/c1-10(16-5)9-14-8-6-7-11(14)12(15)17-13(2,3)4/h10-11H,6-9H2,1-5H3/t10?,11-/m1/s1. The molecule has 1 saturated heterocycles. The summed E-state index contributed by atoms with van der Waals surface area (Å²) in [4.78, 5) is 14.2. The fraction of sp³-hybridized carbons (Fsp3) is 0.923. The van der Waals surface area contributed by atoms with Crippen molar-refractivity contribution >= 4 is 5.97 Å². The highest BCUT2D eigenvalue weighted by Gasteiger charge is 2.34. The van der Waals surface area contributed by atoms with Gasteiger partial charge in [-0.2, -0.15) is 0 Å². The molecule has 4 nitrogen and oxygen atoms in total. The second kappa shape index (κ2) is 5.83. The van der Waals surface area contributed by atoms with Crippen LogP contribution in [0.5, 0.6) is 0 Å². The summed E-state index contributed by atoms with van der Waals surface area (Å²) in [6.45, 7) is 9.48. The van der Waals surface area contributed by atoms with Crippen LogP contribution in [0.3, 0.4) is 0 Å². The van der Waals surface area contributed by atoms with Gasteiger partial charge in [0.15, 0.2) is 0 Å². The Morgan fingerprint density at radius 3 is 2.65 bits per heavy atom. The minimum Gasteiger partial charge on any atom is -0.459 e. The molecule has 0 aromatic rings. The topological polar surface area (TPSA) is 38.8 Å². The lowest BCUT2D eigenvalue weighted by Crippen LogP contribution is -2.43. The molecule has 0 N–H and O–H groups in total. The molecule has 0 spiro atoms. The number of carbonyl (C=O) groups is 1. The van der Waals surface area contributed by atoms with E-state index in [-0.39, 0.29) is 18.1 Å². The number of ether oxygens (including phenoxy) is 2. The Morgan fingerprint density at radius 2 is 2.12 bits per heavy atom. The Kier molecular flexibility index (Phi) is 4.95. The van der Waals surface area contributed by atoms with E-state index in [4.69, 9.17) is 9.47 Å². The van der Waals surface area contributed by atoms with E-state index in [1.807, 2.05) is 27.7 Å². The molecule has 0 aromatic heterocycles. The van der Waals surface area contributed by atoms with E-state index in [1.165, 1.54) is 0 Å². The van der Waals surface area contributed by atoms with Gasteiger partial charge in [0.25, 0.3) is 0 Å². The Labute approximate surface area is 104 Å². The van der Waals surface area contributed by atoms with Gasteiger partial charge in [-0.1, -0.05) is 0 Å². The molecule has 100 valence electrons. The van der Waals surface area contributed by atoms with Gasteiger partial charge in [0, 0.05) is 13.7 Å². The molecule has 1 heterocycles. The third kappa shape index (κ3) is 4.64. The molecule has 1 unspecified atom stereocenters. The molecule has 1 rings (SSSR count). The maximum atomic E-state index is 12.0. The van der Waals surface area contributed by atoms with Crippen LogP contribution in [0.25, 0.3) is 0 Å². The second-order valence-electron chi connectivity index (χ2n) is 5.73. The monoisotopic (exact) mass is 243 g/mol. The molecule has 0 radical (unpaired) electrons. The zero-order valence-electron chi connectivity index (χ0n) is 11.7. The zero-order chi connectivity index (χ0) is 13.1. The predicted molar refractivity (Wildman–Crippen MR) is 66.9 cm³/mol. The number of hydrogen-bond donors (Lipinski definition) is 0. The van der Waals surface area contributed by atoms with Crippen molar-refractivity contribution in [3.63, 3.8) is 0 Å². The van der Waals surface area contributed by atoms with Gasteiger partial charge in [0.1, 0.15) is 11.6 Å². The van der Waals surface area contributed by atoms with Crippen molar-refractivity contribution in [1.82, 2.24) is 4.90 Å². The van der Waals surface area contributed by atoms with Crippen molar-refractivity contribution in [2.24, 2.45) is 0 Å². The fourth-order valence-electron chi connectivity index (χ4n) is 2.09. The quantitative estimate of drug-likeness (QED) is 0.706. The summed E-state index contributed by atoms with van der Waals surface area (Å²) in [5.74, 6) is -0.0988. The van der Waals surface area contributed by atoms with Crippen LogP contribution < -0.4 is 0 Å². The van der Waals surface area contributed by atoms with E-state index in [0.717, 1.165) is 25.9 Å². The molecule has 0 aliphatic carbocycles. The number of hydrogen-bond acceptors (Lipinski definition) is 4. The summed E-state index contributed by atoms with van der Waals surface area (Å²) in [6.07, 6.45) is 2.10. The first-order valence-electron chi connectivity index (χ1n) is 6.33. The maximum absolute atomic E-state index is 12.0. The van der Waals surface area contributed by atoms with Crippen LogP contribution in [0, 0.1) is 0 Å². The molecule has 4 heteroatoms. The van der Waals surface area contributed by atoms with E-state index in [1.54, 1.807) is 7.11 Å². The van der Waals surface area contributed by atoms with Crippen molar-refractivity contribution in [2.45, 2.75) is 58.3 Å². The summed E-state index contributed by atoms with van der Waals surface area (Å²) in [5, 5.41) is 0. The van der Waals surface area contributed by atoms with E-state index in [9.17, 15) is 4.79 Å². The van der Waals surface area contributed by atoms with Crippen molar-refractivity contribution in [3.05, 3.63) is 0 Å². The van der Waals surface area contributed by atoms with E-state index < -0.39 is 5.60 Å². The van der Waals surface area contributed by atoms with E-state index in [0.29, 0.717) is 0 Å². The Morgan fingerprint density at radius 1 is 1.47 bits per heavy atom. The minimum absolute atomic E-state index is 0.0909. The molecule has 0 saturated carbocycles. The van der Waals surface area contributed by atoms with Crippen LogP contribution in [0.4, 0.5) is 0 Å². The maximum Gasteiger partial charge on any atom is 0.323 e. The highest BCUT2D eigenvalue weighted by atomic mass is 16.6. The molecule has 2 atom stereocenters. The number of methoxy groups -OCH3 is 1. The van der Waals surface area contributed by atoms with Gasteiger partial charge >= 0.3 is 5.97 Å².